The lowest BCUT2D eigenvalue weighted by Crippen LogP contribution is -2.13. The molecule has 3 nitrogen and oxygen atoms in total. The molecule has 0 radical (unpaired) electrons. The third-order valence-electron chi connectivity index (χ3n) is 2.71. The van der Waals surface area contributed by atoms with E-state index in [1.165, 1.54) is 6.42 Å². The van der Waals surface area contributed by atoms with E-state index < -0.39 is 0 Å². The van der Waals surface area contributed by atoms with Gasteiger partial charge in [-0.05, 0) is 25.3 Å². The highest BCUT2D eigenvalue weighted by Gasteiger charge is 2.23. The lowest BCUT2D eigenvalue weighted by atomic mass is 10.1. The van der Waals surface area contributed by atoms with E-state index in [0.717, 1.165) is 29.4 Å². The zero-order valence-electron chi connectivity index (χ0n) is 8.60. The van der Waals surface area contributed by atoms with Gasteiger partial charge in [0.25, 0.3) is 0 Å². The minimum absolute atomic E-state index is 0.377. The number of H-pyrrole nitrogens is 1. The van der Waals surface area contributed by atoms with Crippen LogP contribution in [0.25, 0.3) is 0 Å². The Balaban J connectivity index is 2.26. The number of aromatic nitrogens is 2. The van der Waals surface area contributed by atoms with Crippen LogP contribution < -0.4 is 5.32 Å². The molecule has 2 heterocycles. The Hall–Kier alpha value is -0.540. The van der Waals surface area contributed by atoms with E-state index in [0.29, 0.717) is 12.0 Å². The average molecular weight is 214 g/mol. The predicted molar refractivity (Wildman–Crippen MR) is 57.7 cm³/mol. The molecule has 1 atom stereocenters. The fraction of sp³-hybridized carbons (Fsp3) is 0.700. The normalized spacial score (nSPS) is 22.1. The van der Waals surface area contributed by atoms with Gasteiger partial charge in [0.15, 0.2) is 0 Å². The van der Waals surface area contributed by atoms with Crippen LogP contribution in [0.4, 0.5) is 0 Å². The van der Waals surface area contributed by atoms with Gasteiger partial charge in [-0.3, -0.25) is 5.10 Å². The van der Waals surface area contributed by atoms with Crippen LogP contribution in [0.3, 0.4) is 0 Å². The van der Waals surface area contributed by atoms with Gasteiger partial charge < -0.3 is 5.32 Å². The van der Waals surface area contributed by atoms with Crippen LogP contribution in [0.5, 0.6) is 0 Å². The van der Waals surface area contributed by atoms with Gasteiger partial charge in [0.1, 0.15) is 0 Å². The number of hydrogen-bond donors (Lipinski definition) is 2. The first-order chi connectivity index (χ1) is 6.70. The zero-order chi connectivity index (χ0) is 10.1. The Kier molecular flexibility index (Phi) is 2.79. The van der Waals surface area contributed by atoms with Crippen LogP contribution in [0.1, 0.15) is 50.0 Å². The summed E-state index contributed by atoms with van der Waals surface area (Å²) in [7, 11) is 0. The van der Waals surface area contributed by atoms with Crippen molar-refractivity contribution < 1.29 is 0 Å². The lowest BCUT2D eigenvalue weighted by molar-refractivity contribution is 0.625. The summed E-state index contributed by atoms with van der Waals surface area (Å²) in [5.74, 6) is 0.383. The first kappa shape index (κ1) is 9.99. The maximum absolute atomic E-state index is 6.27. The molecule has 0 saturated carbocycles. The minimum Gasteiger partial charge on any atom is -0.309 e. The maximum atomic E-state index is 6.27. The van der Waals surface area contributed by atoms with Crippen molar-refractivity contribution in [1.82, 2.24) is 15.5 Å². The summed E-state index contributed by atoms with van der Waals surface area (Å²) in [6.45, 7) is 5.29. The third kappa shape index (κ3) is 1.66. The topological polar surface area (TPSA) is 40.7 Å². The highest BCUT2D eigenvalue weighted by atomic mass is 35.5. The molecule has 4 heteroatoms. The van der Waals surface area contributed by atoms with Crippen molar-refractivity contribution in [2.24, 2.45) is 0 Å². The molecule has 0 bridgehead atoms. The molecule has 1 unspecified atom stereocenters. The van der Waals surface area contributed by atoms with E-state index >= 15 is 0 Å². The number of nitrogens with zero attached hydrogens (tertiary/aromatic N) is 1. The second kappa shape index (κ2) is 3.91. The average Bonchev–Trinajstić information content (AvgIpc) is 2.71. The number of nitrogens with one attached hydrogen (secondary N) is 2. The molecule has 2 rings (SSSR count). The molecular formula is C10H16ClN3. The van der Waals surface area contributed by atoms with E-state index in [1.54, 1.807) is 0 Å². The monoisotopic (exact) mass is 213 g/mol. The number of aromatic amines is 1. The van der Waals surface area contributed by atoms with Crippen molar-refractivity contribution >= 4 is 11.6 Å². The molecule has 1 saturated heterocycles. The Bertz CT molecular complexity index is 313. The molecule has 1 aliphatic heterocycles. The van der Waals surface area contributed by atoms with Crippen LogP contribution in [0.15, 0.2) is 0 Å². The Morgan fingerprint density at radius 1 is 1.50 bits per heavy atom. The highest BCUT2D eigenvalue weighted by molar-refractivity contribution is 6.32. The van der Waals surface area contributed by atoms with Crippen LogP contribution in [-0.4, -0.2) is 16.7 Å². The summed E-state index contributed by atoms with van der Waals surface area (Å²) in [6.07, 6.45) is 2.37. The summed E-state index contributed by atoms with van der Waals surface area (Å²) in [5.41, 5.74) is 2.04. The van der Waals surface area contributed by atoms with E-state index in [9.17, 15) is 0 Å². The van der Waals surface area contributed by atoms with Crippen molar-refractivity contribution in [3.63, 3.8) is 0 Å². The number of rotatable bonds is 2. The van der Waals surface area contributed by atoms with Gasteiger partial charge in [-0.1, -0.05) is 25.4 Å². The van der Waals surface area contributed by atoms with Crippen molar-refractivity contribution in [2.45, 2.75) is 38.6 Å². The molecule has 0 spiro atoms. The Morgan fingerprint density at radius 2 is 2.29 bits per heavy atom. The van der Waals surface area contributed by atoms with E-state index in [4.69, 9.17) is 11.6 Å². The summed E-state index contributed by atoms with van der Waals surface area (Å²) >= 11 is 6.27. The van der Waals surface area contributed by atoms with Crippen LogP contribution in [-0.2, 0) is 0 Å². The summed E-state index contributed by atoms with van der Waals surface area (Å²) in [6, 6.07) is 0.377. The fourth-order valence-electron chi connectivity index (χ4n) is 1.90. The molecule has 0 aliphatic carbocycles. The first-order valence-corrected chi connectivity index (χ1v) is 5.55. The summed E-state index contributed by atoms with van der Waals surface area (Å²) < 4.78 is 0. The van der Waals surface area contributed by atoms with Gasteiger partial charge in [-0.25, -0.2) is 0 Å². The Morgan fingerprint density at radius 3 is 2.79 bits per heavy atom. The second-order valence-electron chi connectivity index (χ2n) is 4.14. The molecular weight excluding hydrogens is 198 g/mol. The van der Waals surface area contributed by atoms with Crippen LogP contribution in [0.2, 0.25) is 5.02 Å². The fourth-order valence-corrected chi connectivity index (χ4v) is 2.34. The van der Waals surface area contributed by atoms with Crippen molar-refractivity contribution in [3.05, 3.63) is 16.4 Å². The van der Waals surface area contributed by atoms with Gasteiger partial charge in [-0.15, -0.1) is 0 Å². The van der Waals surface area contributed by atoms with Crippen LogP contribution in [0, 0.1) is 0 Å². The molecule has 14 heavy (non-hydrogen) atoms. The Labute approximate surface area is 89.2 Å². The number of hydrogen-bond acceptors (Lipinski definition) is 2. The van der Waals surface area contributed by atoms with E-state index in [2.05, 4.69) is 29.4 Å². The second-order valence-corrected chi connectivity index (χ2v) is 4.52. The molecule has 1 aromatic rings. The lowest BCUT2D eigenvalue weighted by Gasteiger charge is -2.08. The van der Waals surface area contributed by atoms with Crippen molar-refractivity contribution in [2.75, 3.05) is 6.54 Å². The third-order valence-corrected chi connectivity index (χ3v) is 3.11. The molecule has 1 fully saturated rings. The van der Waals surface area contributed by atoms with Gasteiger partial charge in [0.05, 0.1) is 22.5 Å². The minimum atomic E-state index is 0.377. The molecule has 78 valence electrons. The SMILES string of the molecule is CC(C)c1n[nH]c(C2CCCN2)c1Cl. The van der Waals surface area contributed by atoms with E-state index in [1.807, 2.05) is 0 Å². The van der Waals surface area contributed by atoms with Crippen molar-refractivity contribution in [1.29, 1.82) is 0 Å². The summed E-state index contributed by atoms with van der Waals surface area (Å²) in [5, 5.41) is 11.5. The molecule has 1 aliphatic rings. The maximum Gasteiger partial charge on any atom is 0.0866 e. The molecule has 0 aromatic carbocycles. The van der Waals surface area contributed by atoms with E-state index in [-0.39, 0.29) is 0 Å². The quantitative estimate of drug-likeness (QED) is 0.793. The number of halogens is 1. The largest absolute Gasteiger partial charge is 0.309 e. The summed E-state index contributed by atoms with van der Waals surface area (Å²) in [4.78, 5) is 0. The van der Waals surface area contributed by atoms with Gasteiger partial charge in [0.2, 0.25) is 0 Å². The molecule has 1 aromatic heterocycles. The van der Waals surface area contributed by atoms with Gasteiger partial charge in [0, 0.05) is 0 Å². The van der Waals surface area contributed by atoms with Gasteiger partial charge >= 0.3 is 0 Å². The van der Waals surface area contributed by atoms with Gasteiger partial charge in [-0.2, -0.15) is 5.10 Å². The smallest absolute Gasteiger partial charge is 0.0866 e. The zero-order valence-corrected chi connectivity index (χ0v) is 9.36. The highest BCUT2D eigenvalue weighted by Crippen LogP contribution is 2.32. The predicted octanol–water partition coefficient (Wildman–Crippen LogP) is 2.61. The standard InChI is InChI=1S/C10H16ClN3/c1-6(2)9-8(11)10(14-13-9)7-4-3-5-12-7/h6-7,12H,3-5H2,1-2H3,(H,13,14). The first-order valence-electron chi connectivity index (χ1n) is 5.17. The molecule has 2 N–H and O–H groups in total. The van der Waals surface area contributed by atoms with Crippen LogP contribution >= 0.6 is 11.6 Å². The molecule has 0 amide bonds. The van der Waals surface area contributed by atoms with Crippen molar-refractivity contribution in [3.8, 4) is 0 Å².